The Morgan fingerprint density at radius 1 is 1.04 bits per heavy atom. The number of ether oxygens (including phenoxy) is 1. The van der Waals surface area contributed by atoms with Gasteiger partial charge in [-0.2, -0.15) is 0 Å². The van der Waals surface area contributed by atoms with Crippen molar-refractivity contribution >= 4 is 5.91 Å². The third-order valence-corrected chi connectivity index (χ3v) is 6.71. The van der Waals surface area contributed by atoms with Crippen LogP contribution >= 0.6 is 0 Å². The molecule has 1 aromatic rings. The molecule has 0 bridgehead atoms. The van der Waals surface area contributed by atoms with Crippen molar-refractivity contribution in [2.75, 3.05) is 26.7 Å². The van der Waals surface area contributed by atoms with Gasteiger partial charge < -0.3 is 9.64 Å². The summed E-state index contributed by atoms with van der Waals surface area (Å²) in [7, 11) is 1.71. The summed E-state index contributed by atoms with van der Waals surface area (Å²) < 4.78 is 5.28. The summed E-state index contributed by atoms with van der Waals surface area (Å²) in [6.45, 7) is 4.06. The summed E-state index contributed by atoms with van der Waals surface area (Å²) in [6, 6.07) is 8.99. The SMILES string of the molecule is COc1ccc(CN2CCCC[C@H]3CN(C(=O)C4CCCC4)C[C@H]32)cc1. The van der Waals surface area contributed by atoms with Gasteiger partial charge >= 0.3 is 0 Å². The first kappa shape index (κ1) is 17.8. The van der Waals surface area contributed by atoms with Crippen molar-refractivity contribution in [3.8, 4) is 5.75 Å². The molecule has 0 spiro atoms. The zero-order chi connectivity index (χ0) is 17.9. The minimum atomic E-state index is 0.312. The number of hydrogen-bond acceptors (Lipinski definition) is 3. The molecular weight excluding hydrogens is 324 g/mol. The van der Waals surface area contributed by atoms with Crippen LogP contribution in [-0.4, -0.2) is 48.5 Å². The Labute approximate surface area is 157 Å². The molecular formula is C22H32N2O2. The molecule has 3 aliphatic rings. The van der Waals surface area contributed by atoms with Crippen molar-refractivity contribution < 1.29 is 9.53 Å². The molecule has 1 saturated carbocycles. The van der Waals surface area contributed by atoms with Crippen molar-refractivity contribution in [2.24, 2.45) is 11.8 Å². The average Bonchev–Trinajstić information content (AvgIpc) is 3.31. The molecule has 0 aromatic heterocycles. The number of amides is 1. The summed E-state index contributed by atoms with van der Waals surface area (Å²) >= 11 is 0. The molecule has 1 amide bonds. The van der Waals surface area contributed by atoms with Crippen molar-refractivity contribution in [1.82, 2.24) is 9.80 Å². The molecule has 2 atom stereocenters. The van der Waals surface area contributed by atoms with E-state index >= 15 is 0 Å². The molecule has 0 N–H and O–H groups in total. The van der Waals surface area contributed by atoms with Crippen LogP contribution in [0.25, 0.3) is 0 Å². The molecule has 2 saturated heterocycles. The number of fused-ring (bicyclic) bond motifs is 1. The van der Waals surface area contributed by atoms with E-state index in [4.69, 9.17) is 4.74 Å². The van der Waals surface area contributed by atoms with Crippen LogP contribution in [-0.2, 0) is 11.3 Å². The molecule has 1 aliphatic carbocycles. The minimum absolute atomic E-state index is 0.312. The van der Waals surface area contributed by atoms with Crippen LogP contribution in [0.4, 0.5) is 0 Å². The van der Waals surface area contributed by atoms with Gasteiger partial charge in [0.25, 0.3) is 0 Å². The Kier molecular flexibility index (Phi) is 5.49. The number of likely N-dealkylation sites (tertiary alicyclic amines) is 2. The lowest BCUT2D eigenvalue weighted by Crippen LogP contribution is -2.41. The van der Waals surface area contributed by atoms with E-state index in [0.717, 1.165) is 44.8 Å². The highest BCUT2D eigenvalue weighted by atomic mass is 16.5. The molecule has 4 nitrogen and oxygen atoms in total. The van der Waals surface area contributed by atoms with Gasteiger partial charge in [0.2, 0.25) is 5.91 Å². The van der Waals surface area contributed by atoms with Gasteiger partial charge in [0.05, 0.1) is 7.11 Å². The fourth-order valence-corrected chi connectivity index (χ4v) is 5.21. The molecule has 1 aromatic carbocycles. The van der Waals surface area contributed by atoms with Crippen LogP contribution < -0.4 is 4.74 Å². The third kappa shape index (κ3) is 3.75. The van der Waals surface area contributed by atoms with Crippen molar-refractivity contribution in [3.05, 3.63) is 29.8 Å². The van der Waals surface area contributed by atoms with Crippen molar-refractivity contribution in [1.29, 1.82) is 0 Å². The predicted octanol–water partition coefficient (Wildman–Crippen LogP) is 3.70. The Morgan fingerprint density at radius 3 is 2.50 bits per heavy atom. The minimum Gasteiger partial charge on any atom is -0.497 e. The fraction of sp³-hybridized carbons (Fsp3) is 0.682. The van der Waals surface area contributed by atoms with Crippen LogP contribution in [0.15, 0.2) is 24.3 Å². The van der Waals surface area contributed by atoms with Crippen molar-refractivity contribution in [3.63, 3.8) is 0 Å². The molecule has 0 radical (unpaired) electrons. The highest BCUT2D eigenvalue weighted by molar-refractivity contribution is 5.79. The lowest BCUT2D eigenvalue weighted by atomic mass is 9.98. The van der Waals surface area contributed by atoms with Gasteiger partial charge in [-0.1, -0.05) is 31.4 Å². The molecule has 4 rings (SSSR count). The molecule has 2 aliphatic heterocycles. The van der Waals surface area contributed by atoms with Gasteiger partial charge in [0.15, 0.2) is 0 Å². The Bertz CT molecular complexity index is 609. The molecule has 4 heteroatoms. The maximum absolute atomic E-state index is 12.9. The lowest BCUT2D eigenvalue weighted by Gasteiger charge is -2.30. The standard InChI is InChI=1S/C22H32N2O2/c1-26-20-11-9-17(10-12-20)14-23-13-5-4-8-19-15-24(16-21(19)23)22(25)18-6-2-3-7-18/h9-12,18-19,21H,2-8,13-16H2,1H3/t19-,21+/m0/s1. The van der Waals surface area contributed by atoms with E-state index in [1.165, 1.54) is 37.7 Å². The summed E-state index contributed by atoms with van der Waals surface area (Å²) in [6.07, 6.45) is 8.55. The van der Waals surface area contributed by atoms with Crippen molar-refractivity contribution in [2.45, 2.75) is 57.5 Å². The second-order valence-electron chi connectivity index (χ2n) is 8.37. The van der Waals surface area contributed by atoms with Crippen LogP contribution in [0.5, 0.6) is 5.75 Å². The number of carbonyl (C=O) groups is 1. The summed E-state index contributed by atoms with van der Waals surface area (Å²) in [4.78, 5) is 17.8. The van der Waals surface area contributed by atoms with E-state index in [2.05, 4.69) is 34.1 Å². The monoisotopic (exact) mass is 356 g/mol. The number of methoxy groups -OCH3 is 1. The van der Waals surface area contributed by atoms with Gasteiger partial charge in [-0.25, -0.2) is 0 Å². The number of hydrogen-bond donors (Lipinski definition) is 0. The van der Waals surface area contributed by atoms with Crippen LogP contribution in [0.1, 0.15) is 50.5 Å². The third-order valence-electron chi connectivity index (χ3n) is 6.71. The number of benzene rings is 1. The summed E-state index contributed by atoms with van der Waals surface area (Å²) in [5, 5.41) is 0. The van der Waals surface area contributed by atoms with Gasteiger partial charge in [-0.15, -0.1) is 0 Å². The van der Waals surface area contributed by atoms with Crippen LogP contribution in [0, 0.1) is 11.8 Å². The topological polar surface area (TPSA) is 32.8 Å². The van der Waals surface area contributed by atoms with Gasteiger partial charge in [0.1, 0.15) is 5.75 Å². The Hall–Kier alpha value is -1.55. The van der Waals surface area contributed by atoms with Gasteiger partial charge in [0, 0.05) is 31.6 Å². The van der Waals surface area contributed by atoms with E-state index in [1.807, 2.05) is 0 Å². The summed E-state index contributed by atoms with van der Waals surface area (Å²) in [5.74, 6) is 2.32. The molecule has 26 heavy (non-hydrogen) atoms. The fourth-order valence-electron chi connectivity index (χ4n) is 5.21. The number of rotatable bonds is 4. The first-order valence-electron chi connectivity index (χ1n) is 10.4. The first-order valence-corrected chi connectivity index (χ1v) is 10.4. The second-order valence-corrected chi connectivity index (χ2v) is 8.37. The molecule has 2 heterocycles. The van der Waals surface area contributed by atoms with E-state index in [9.17, 15) is 4.79 Å². The Morgan fingerprint density at radius 2 is 1.77 bits per heavy atom. The zero-order valence-electron chi connectivity index (χ0n) is 16.0. The summed E-state index contributed by atoms with van der Waals surface area (Å²) in [5.41, 5.74) is 1.34. The molecule has 3 fully saturated rings. The first-order chi connectivity index (χ1) is 12.7. The zero-order valence-corrected chi connectivity index (χ0v) is 16.0. The van der Waals surface area contributed by atoms with E-state index < -0.39 is 0 Å². The largest absolute Gasteiger partial charge is 0.497 e. The maximum atomic E-state index is 12.9. The highest BCUT2D eigenvalue weighted by Crippen LogP contribution is 2.34. The van der Waals surface area contributed by atoms with Crippen LogP contribution in [0.3, 0.4) is 0 Å². The normalized spacial score (nSPS) is 27.3. The number of carbonyl (C=O) groups excluding carboxylic acids is 1. The average molecular weight is 357 g/mol. The van der Waals surface area contributed by atoms with E-state index in [1.54, 1.807) is 7.11 Å². The maximum Gasteiger partial charge on any atom is 0.225 e. The molecule has 0 unspecified atom stereocenters. The smallest absolute Gasteiger partial charge is 0.225 e. The number of nitrogens with zero attached hydrogens (tertiary/aromatic N) is 2. The quantitative estimate of drug-likeness (QED) is 0.825. The predicted molar refractivity (Wildman–Crippen MR) is 103 cm³/mol. The second kappa shape index (κ2) is 7.99. The molecule has 142 valence electrons. The van der Waals surface area contributed by atoms with Gasteiger partial charge in [-0.05, 0) is 55.8 Å². The van der Waals surface area contributed by atoms with E-state index in [-0.39, 0.29) is 0 Å². The van der Waals surface area contributed by atoms with Gasteiger partial charge in [-0.3, -0.25) is 9.69 Å². The Balaban J connectivity index is 1.44. The lowest BCUT2D eigenvalue weighted by molar-refractivity contribution is -0.134. The van der Waals surface area contributed by atoms with Crippen LogP contribution in [0.2, 0.25) is 0 Å². The highest BCUT2D eigenvalue weighted by Gasteiger charge is 2.41. The van der Waals surface area contributed by atoms with E-state index in [0.29, 0.717) is 23.8 Å².